The van der Waals surface area contributed by atoms with Gasteiger partial charge < -0.3 is 30.2 Å². The minimum absolute atomic E-state index is 0. The van der Waals surface area contributed by atoms with E-state index in [4.69, 9.17) is 4.74 Å². The van der Waals surface area contributed by atoms with Crippen molar-refractivity contribution in [2.24, 2.45) is 0 Å². The molecule has 3 aromatic rings. The van der Waals surface area contributed by atoms with Crippen molar-refractivity contribution in [1.82, 2.24) is 9.80 Å². The number of carbonyl (C=O) groups excluding carboxylic acids is 1. The molecular weight excluding hydrogens is 692 g/mol. The van der Waals surface area contributed by atoms with Crippen molar-refractivity contribution < 1.29 is 44.2 Å². The molecule has 1 saturated carbocycles. The molecule has 1 atom stereocenters. The van der Waals surface area contributed by atoms with Crippen molar-refractivity contribution in [3.8, 4) is 5.75 Å². The maximum atomic E-state index is 11.2. The minimum Gasteiger partial charge on any atom is -0.545 e. The molecule has 0 saturated heterocycles. The summed E-state index contributed by atoms with van der Waals surface area (Å²) in [4.78, 5) is 16.0. The van der Waals surface area contributed by atoms with E-state index in [9.17, 15) is 9.90 Å². The predicted octanol–water partition coefficient (Wildman–Crippen LogP) is 7.18. The fourth-order valence-corrected chi connectivity index (χ4v) is 6.37. The number of para-hydroxylation sites is 1. The molecule has 1 fully saturated rings. The molecule has 0 amide bonds. The maximum Gasteiger partial charge on any atom is 1.00 e. The van der Waals surface area contributed by atoms with Crippen LogP contribution in [-0.2, 0) is 6.42 Å². The molecule has 0 spiro atoms. The van der Waals surface area contributed by atoms with E-state index in [0.29, 0.717) is 24.8 Å². The minimum atomic E-state index is -1.19. The summed E-state index contributed by atoms with van der Waals surface area (Å²) >= 11 is 0. The van der Waals surface area contributed by atoms with Crippen molar-refractivity contribution >= 4 is 17.3 Å². The average molecular weight is 757 g/mol. The normalized spacial score (nSPS) is 12.6. The van der Waals surface area contributed by atoms with Gasteiger partial charge in [-0.2, -0.15) is 0 Å². The summed E-state index contributed by atoms with van der Waals surface area (Å²) < 4.78 is 6.12. The van der Waals surface area contributed by atoms with Gasteiger partial charge in [-0.15, -0.1) is 13.2 Å². The number of unbranched alkanes of at least 4 members (excludes halogenated alkanes) is 2. The predicted molar refractivity (Wildman–Crippen MR) is 227 cm³/mol. The zero-order chi connectivity index (χ0) is 39.1. The summed E-state index contributed by atoms with van der Waals surface area (Å²) in [5.74, 6) is 0.940. The Morgan fingerprint density at radius 2 is 1.58 bits per heavy atom. The number of carbonyl (C=O) groups is 1. The average Bonchev–Trinajstić information content (AvgIpc) is 3.17. The molecule has 292 valence electrons. The molecule has 1 aliphatic carbocycles. The van der Waals surface area contributed by atoms with E-state index in [1.807, 2.05) is 26.0 Å². The van der Waals surface area contributed by atoms with Crippen LogP contribution in [0, 0.1) is 0 Å². The van der Waals surface area contributed by atoms with Gasteiger partial charge in [0.05, 0.1) is 12.5 Å². The number of carboxylic acids is 1. The Balaban J connectivity index is 0.00000343. The van der Waals surface area contributed by atoms with Gasteiger partial charge in [0.1, 0.15) is 18.2 Å². The molecule has 0 aliphatic heterocycles. The molecule has 2 N–H and O–H groups in total. The second-order valence-electron chi connectivity index (χ2n) is 13.7. The van der Waals surface area contributed by atoms with E-state index in [1.54, 1.807) is 12.1 Å². The van der Waals surface area contributed by atoms with Crippen LogP contribution in [0.15, 0.2) is 121 Å². The van der Waals surface area contributed by atoms with E-state index in [0.717, 1.165) is 88.3 Å². The third-order valence-electron chi connectivity index (χ3n) is 9.81. The standard InChI is InChI=1S/C45H60N4O3.C2H6.Na/c1-6-10-11-19-44(47-42-18-13-12-17-41(42)35(5)9-4)46-39-24-20-36(21-25-39)34-43(37-15-14-16-37)49(31-30-48(28-7-2)29-8-3)32-33-52-40-26-22-38(23-27-40)45(50)51;1-2;/h7-8,12-13,17-27,35,46-47H,2-3,6,9-11,14-16,28-34H2,1,4-5H3,(H,50,51);1-2H3;/q;;+1/p-1/b44-19+;;. The number of anilines is 2. The van der Waals surface area contributed by atoms with E-state index >= 15 is 0 Å². The molecule has 4 rings (SSSR count). The molecule has 3 aromatic carbocycles. The van der Waals surface area contributed by atoms with Crippen LogP contribution in [0.4, 0.5) is 11.4 Å². The Labute approximate surface area is 354 Å². The van der Waals surface area contributed by atoms with Gasteiger partial charge in [-0.1, -0.05) is 89.1 Å². The fraction of sp³-hybridized carbons (Fsp3) is 0.426. The summed E-state index contributed by atoms with van der Waals surface area (Å²) in [6, 6.07) is 23.9. The smallest absolute Gasteiger partial charge is 0.545 e. The van der Waals surface area contributed by atoms with Crippen LogP contribution >= 0.6 is 0 Å². The SMILES string of the molecule is C=CCN(CC=C)CCN(CCOc1ccc(C(=O)[O-])cc1)C(Cc1ccc(N/C(=C\CCCC)Nc2ccccc2C(C)CC)cc1)=C1CCC1.CC.[Na+]. The van der Waals surface area contributed by atoms with Crippen molar-refractivity contribution in [3.05, 3.63) is 138 Å². The molecule has 0 heterocycles. The Morgan fingerprint density at radius 3 is 2.16 bits per heavy atom. The van der Waals surface area contributed by atoms with E-state index in [-0.39, 0.29) is 35.1 Å². The Hall–Kier alpha value is -3.75. The zero-order valence-corrected chi connectivity index (χ0v) is 36.7. The first-order valence-corrected chi connectivity index (χ1v) is 20.1. The Morgan fingerprint density at radius 1 is 0.909 bits per heavy atom. The topological polar surface area (TPSA) is 79.9 Å². The van der Waals surface area contributed by atoms with Gasteiger partial charge in [0, 0.05) is 49.7 Å². The van der Waals surface area contributed by atoms with Crippen LogP contribution in [0.2, 0.25) is 0 Å². The van der Waals surface area contributed by atoms with Gasteiger partial charge in [0.25, 0.3) is 0 Å². The van der Waals surface area contributed by atoms with Gasteiger partial charge >= 0.3 is 29.6 Å². The molecule has 8 heteroatoms. The van der Waals surface area contributed by atoms with Gasteiger partial charge in [0.2, 0.25) is 0 Å². The summed E-state index contributed by atoms with van der Waals surface area (Å²) in [6.07, 6.45) is 14.9. The third-order valence-corrected chi connectivity index (χ3v) is 9.81. The number of hydrogen-bond donors (Lipinski definition) is 2. The van der Waals surface area contributed by atoms with Crippen molar-refractivity contribution in [1.29, 1.82) is 0 Å². The second-order valence-corrected chi connectivity index (χ2v) is 13.7. The van der Waals surface area contributed by atoms with Gasteiger partial charge in [-0.25, -0.2) is 0 Å². The first-order valence-electron chi connectivity index (χ1n) is 20.1. The summed E-state index contributed by atoms with van der Waals surface area (Å²) in [5.41, 5.74) is 7.85. The van der Waals surface area contributed by atoms with E-state index < -0.39 is 5.97 Å². The third kappa shape index (κ3) is 16.1. The number of allylic oxidation sites excluding steroid dienone is 3. The molecule has 1 aliphatic rings. The molecule has 1 unspecified atom stereocenters. The number of carboxylic acid groups (broad SMARTS) is 1. The molecule has 0 aromatic heterocycles. The quantitative estimate of drug-likeness (QED) is 0.0570. The zero-order valence-electron chi connectivity index (χ0n) is 34.7. The number of benzene rings is 3. The fourth-order valence-electron chi connectivity index (χ4n) is 6.37. The van der Waals surface area contributed by atoms with Crippen LogP contribution < -0.4 is 50.0 Å². The van der Waals surface area contributed by atoms with Gasteiger partial charge in [-0.3, -0.25) is 4.90 Å². The summed E-state index contributed by atoms with van der Waals surface area (Å²) in [6.45, 7) is 23.2. The number of hydrogen-bond acceptors (Lipinski definition) is 7. The van der Waals surface area contributed by atoms with Crippen LogP contribution in [0.3, 0.4) is 0 Å². The van der Waals surface area contributed by atoms with E-state index in [2.05, 4.69) is 109 Å². The number of ether oxygens (including phenoxy) is 1. The summed E-state index contributed by atoms with van der Waals surface area (Å²) in [5, 5.41) is 18.6. The van der Waals surface area contributed by atoms with Crippen LogP contribution in [0.1, 0.15) is 107 Å². The molecule has 0 bridgehead atoms. The van der Waals surface area contributed by atoms with Gasteiger partial charge in [-0.05, 0) is 110 Å². The van der Waals surface area contributed by atoms with Crippen molar-refractivity contribution in [3.63, 3.8) is 0 Å². The first kappa shape index (κ1) is 47.4. The number of nitrogens with one attached hydrogen (secondary N) is 2. The second kappa shape index (κ2) is 27.0. The first-order chi connectivity index (χ1) is 26.3. The van der Waals surface area contributed by atoms with Gasteiger partial charge in [0.15, 0.2) is 0 Å². The molecule has 7 nitrogen and oxygen atoms in total. The molecule has 0 radical (unpaired) electrons. The van der Waals surface area contributed by atoms with Crippen LogP contribution in [0.5, 0.6) is 5.75 Å². The Bertz CT molecular complexity index is 1620. The van der Waals surface area contributed by atoms with Crippen LogP contribution in [-0.4, -0.2) is 55.1 Å². The summed E-state index contributed by atoms with van der Waals surface area (Å²) in [7, 11) is 0. The molecular formula is C47H65N4NaO3. The number of aromatic carboxylic acids is 1. The number of rotatable bonds is 24. The molecule has 55 heavy (non-hydrogen) atoms. The van der Waals surface area contributed by atoms with Crippen molar-refractivity contribution in [2.75, 3.05) is 50.0 Å². The van der Waals surface area contributed by atoms with Crippen LogP contribution in [0.25, 0.3) is 0 Å². The van der Waals surface area contributed by atoms with E-state index in [1.165, 1.54) is 41.0 Å². The monoisotopic (exact) mass is 756 g/mol. The maximum absolute atomic E-state index is 11.2. The number of nitrogens with zero attached hydrogens (tertiary/aromatic N) is 2. The Kier molecular flexibility index (Phi) is 23.2. The van der Waals surface area contributed by atoms with Crippen molar-refractivity contribution in [2.45, 2.75) is 91.9 Å². The largest absolute Gasteiger partial charge is 1.00 e.